The lowest BCUT2D eigenvalue weighted by molar-refractivity contribution is -0.122. The summed E-state index contributed by atoms with van der Waals surface area (Å²) in [5.41, 5.74) is 0.881. The zero-order valence-corrected chi connectivity index (χ0v) is 17.5. The van der Waals surface area contributed by atoms with E-state index in [0.717, 1.165) is 10.6 Å². The van der Waals surface area contributed by atoms with Gasteiger partial charge in [-0.25, -0.2) is 0 Å². The average molecular weight is 439 g/mol. The summed E-state index contributed by atoms with van der Waals surface area (Å²) in [7, 11) is 0. The van der Waals surface area contributed by atoms with Crippen molar-refractivity contribution in [1.29, 1.82) is 0 Å². The van der Waals surface area contributed by atoms with E-state index in [0.29, 0.717) is 32.3 Å². The van der Waals surface area contributed by atoms with E-state index in [1.807, 2.05) is 19.1 Å². The van der Waals surface area contributed by atoms with Crippen molar-refractivity contribution in [3.63, 3.8) is 0 Å². The average Bonchev–Trinajstić information content (AvgIpc) is 3.14. The summed E-state index contributed by atoms with van der Waals surface area (Å²) < 4.78 is 0.500. The van der Waals surface area contributed by atoms with Crippen molar-refractivity contribution >= 4 is 74.3 Å². The number of benzene rings is 1. The van der Waals surface area contributed by atoms with Crippen molar-refractivity contribution in [1.82, 2.24) is 15.1 Å². The van der Waals surface area contributed by atoms with Crippen LogP contribution in [0.4, 0.5) is 5.13 Å². The van der Waals surface area contributed by atoms with Gasteiger partial charge < -0.3 is 5.32 Å². The number of aryl methyl sites for hydroxylation is 1. The number of amides is 2. The van der Waals surface area contributed by atoms with Gasteiger partial charge in [0.25, 0.3) is 5.91 Å². The first-order chi connectivity index (χ1) is 12.9. The number of nitrogens with zero attached hydrogens (tertiary/aromatic N) is 3. The molecule has 1 N–H and O–H groups in total. The number of thioether (sulfide) groups is 1. The zero-order chi connectivity index (χ0) is 19.4. The van der Waals surface area contributed by atoms with Crippen molar-refractivity contribution in [2.24, 2.45) is 0 Å². The number of hydrogen-bond donors (Lipinski definition) is 1. The molecule has 1 aromatic heterocycles. The summed E-state index contributed by atoms with van der Waals surface area (Å²) in [6, 6.07) is 7.22. The number of carbonyl (C=O) groups excluding carboxylic acids is 2. The van der Waals surface area contributed by atoms with Crippen LogP contribution in [-0.2, 0) is 9.59 Å². The first kappa shape index (κ1) is 19.9. The number of halogens is 1. The molecule has 2 aromatic rings. The van der Waals surface area contributed by atoms with Crippen LogP contribution in [-0.4, -0.2) is 37.8 Å². The van der Waals surface area contributed by atoms with Gasteiger partial charge in [-0.15, -0.1) is 10.2 Å². The minimum absolute atomic E-state index is 0.139. The lowest BCUT2D eigenvalue weighted by atomic mass is 10.2. The molecular formula is C17H15ClN4O2S3. The fourth-order valence-electron chi connectivity index (χ4n) is 2.33. The number of hydrogen-bond acceptors (Lipinski definition) is 7. The Morgan fingerprint density at radius 1 is 1.33 bits per heavy atom. The van der Waals surface area contributed by atoms with Crippen LogP contribution in [0.25, 0.3) is 6.08 Å². The van der Waals surface area contributed by atoms with E-state index in [1.165, 1.54) is 28.0 Å². The Morgan fingerprint density at radius 2 is 2.07 bits per heavy atom. The third-order valence-electron chi connectivity index (χ3n) is 3.60. The summed E-state index contributed by atoms with van der Waals surface area (Å²) >= 11 is 13.8. The van der Waals surface area contributed by atoms with Crippen LogP contribution in [0.1, 0.15) is 23.4 Å². The SMILES string of the molecule is Cc1nnc(NC(=O)CCCN2C(=O)/C(=C\c3ccc(Cl)cc3)SC2=S)s1. The summed E-state index contributed by atoms with van der Waals surface area (Å²) in [4.78, 5) is 26.6. The Morgan fingerprint density at radius 3 is 2.74 bits per heavy atom. The molecule has 0 radical (unpaired) electrons. The molecule has 0 spiro atoms. The molecule has 1 aliphatic rings. The third-order valence-corrected chi connectivity index (χ3v) is 5.98. The van der Waals surface area contributed by atoms with E-state index in [1.54, 1.807) is 18.2 Å². The first-order valence-electron chi connectivity index (χ1n) is 8.03. The standard InChI is InChI=1S/C17H15ClN4O2S3/c1-10-20-21-16(26-10)19-14(23)3-2-8-22-15(24)13(27-17(22)25)9-11-4-6-12(18)7-5-11/h4-7,9H,2-3,8H2,1H3,(H,19,21,23)/b13-9+. The van der Waals surface area contributed by atoms with Crippen LogP contribution in [0.2, 0.25) is 5.02 Å². The highest BCUT2D eigenvalue weighted by Crippen LogP contribution is 2.32. The minimum atomic E-state index is -0.159. The van der Waals surface area contributed by atoms with Gasteiger partial charge in [0.15, 0.2) is 0 Å². The molecule has 0 aliphatic carbocycles. The molecule has 2 amide bonds. The Kier molecular flexibility index (Phi) is 6.59. The summed E-state index contributed by atoms with van der Waals surface area (Å²) in [6.07, 6.45) is 2.57. The van der Waals surface area contributed by atoms with Crippen molar-refractivity contribution in [2.45, 2.75) is 19.8 Å². The van der Waals surface area contributed by atoms with Gasteiger partial charge in [0.1, 0.15) is 9.33 Å². The molecule has 10 heteroatoms. The second kappa shape index (κ2) is 8.92. The van der Waals surface area contributed by atoms with Gasteiger partial charge in [0, 0.05) is 18.0 Å². The topological polar surface area (TPSA) is 75.2 Å². The molecule has 27 heavy (non-hydrogen) atoms. The molecule has 0 bridgehead atoms. The molecule has 1 aliphatic heterocycles. The van der Waals surface area contributed by atoms with Gasteiger partial charge in [-0.1, -0.05) is 59.1 Å². The number of aromatic nitrogens is 2. The van der Waals surface area contributed by atoms with Crippen LogP contribution in [0.3, 0.4) is 0 Å². The molecule has 1 aromatic carbocycles. The maximum absolute atomic E-state index is 12.6. The van der Waals surface area contributed by atoms with Gasteiger partial charge in [-0.05, 0) is 37.1 Å². The highest BCUT2D eigenvalue weighted by molar-refractivity contribution is 8.26. The molecule has 0 saturated carbocycles. The van der Waals surface area contributed by atoms with E-state index in [4.69, 9.17) is 23.8 Å². The van der Waals surface area contributed by atoms with Gasteiger partial charge in [0.2, 0.25) is 11.0 Å². The minimum Gasteiger partial charge on any atom is -0.301 e. The van der Waals surface area contributed by atoms with E-state index >= 15 is 0 Å². The third kappa shape index (κ3) is 5.35. The van der Waals surface area contributed by atoms with Crippen LogP contribution in [0.15, 0.2) is 29.2 Å². The van der Waals surface area contributed by atoms with Gasteiger partial charge in [-0.2, -0.15) is 0 Å². The fraction of sp³-hybridized carbons (Fsp3) is 0.235. The van der Waals surface area contributed by atoms with E-state index in [9.17, 15) is 9.59 Å². The van der Waals surface area contributed by atoms with Gasteiger partial charge in [-0.3, -0.25) is 14.5 Å². The number of rotatable bonds is 6. The Labute approximate surface area is 175 Å². The van der Waals surface area contributed by atoms with Crippen LogP contribution in [0.5, 0.6) is 0 Å². The van der Waals surface area contributed by atoms with Crippen molar-refractivity contribution < 1.29 is 9.59 Å². The molecular weight excluding hydrogens is 424 g/mol. The normalized spacial score (nSPS) is 15.6. The molecule has 1 saturated heterocycles. The first-order valence-corrected chi connectivity index (χ1v) is 10.4. The van der Waals surface area contributed by atoms with Gasteiger partial charge >= 0.3 is 0 Å². The predicted octanol–water partition coefficient (Wildman–Crippen LogP) is 4.12. The Balaban J connectivity index is 1.53. The van der Waals surface area contributed by atoms with Crippen LogP contribution >= 0.6 is 46.9 Å². The molecule has 1 fully saturated rings. The summed E-state index contributed by atoms with van der Waals surface area (Å²) in [5.74, 6) is -0.298. The smallest absolute Gasteiger partial charge is 0.266 e. The molecule has 0 unspecified atom stereocenters. The summed E-state index contributed by atoms with van der Waals surface area (Å²) in [5, 5.41) is 12.3. The highest BCUT2D eigenvalue weighted by Gasteiger charge is 2.31. The van der Waals surface area contributed by atoms with Crippen LogP contribution < -0.4 is 5.32 Å². The fourth-order valence-corrected chi connectivity index (χ4v) is 4.37. The quantitative estimate of drug-likeness (QED) is 0.540. The van der Waals surface area contributed by atoms with Crippen molar-refractivity contribution in [3.8, 4) is 0 Å². The molecule has 140 valence electrons. The molecule has 0 atom stereocenters. The number of nitrogens with one attached hydrogen (secondary N) is 1. The number of carbonyl (C=O) groups is 2. The van der Waals surface area contributed by atoms with Crippen molar-refractivity contribution in [3.05, 3.63) is 44.8 Å². The maximum atomic E-state index is 12.6. The number of thiocarbonyl (C=S) groups is 1. The van der Waals surface area contributed by atoms with Crippen molar-refractivity contribution in [2.75, 3.05) is 11.9 Å². The molecule has 3 rings (SSSR count). The Hall–Kier alpha value is -1.81. The highest BCUT2D eigenvalue weighted by atomic mass is 35.5. The van der Waals surface area contributed by atoms with Crippen LogP contribution in [0, 0.1) is 6.92 Å². The summed E-state index contributed by atoms with van der Waals surface area (Å²) in [6.45, 7) is 2.21. The number of anilines is 1. The molecule has 2 heterocycles. The zero-order valence-electron chi connectivity index (χ0n) is 14.3. The second-order valence-electron chi connectivity index (χ2n) is 5.66. The maximum Gasteiger partial charge on any atom is 0.266 e. The Bertz CT molecular complexity index is 911. The lowest BCUT2D eigenvalue weighted by Gasteiger charge is -2.13. The second-order valence-corrected chi connectivity index (χ2v) is 8.96. The molecule has 6 nitrogen and oxygen atoms in total. The van der Waals surface area contributed by atoms with E-state index in [2.05, 4.69) is 15.5 Å². The van der Waals surface area contributed by atoms with E-state index < -0.39 is 0 Å². The largest absolute Gasteiger partial charge is 0.301 e. The monoisotopic (exact) mass is 438 g/mol. The predicted molar refractivity (Wildman–Crippen MR) is 114 cm³/mol. The van der Waals surface area contributed by atoms with Gasteiger partial charge in [0.05, 0.1) is 4.91 Å². The lowest BCUT2D eigenvalue weighted by Crippen LogP contribution is -2.29. The van der Waals surface area contributed by atoms with E-state index in [-0.39, 0.29) is 18.2 Å².